The molecule has 3 unspecified atom stereocenters. The van der Waals surface area contributed by atoms with Gasteiger partial charge in [0.05, 0.1) is 17.6 Å². The molecule has 2 fully saturated rings. The molecule has 0 saturated carbocycles. The van der Waals surface area contributed by atoms with Gasteiger partial charge in [0.2, 0.25) is 10.0 Å². The number of sulfonamides is 1. The lowest BCUT2D eigenvalue weighted by molar-refractivity contribution is -0.137. The Labute approximate surface area is 247 Å². The van der Waals surface area contributed by atoms with Crippen molar-refractivity contribution in [1.29, 1.82) is 0 Å². The minimum Gasteiger partial charge on any atom is -0.457 e. The van der Waals surface area contributed by atoms with Gasteiger partial charge in [0, 0.05) is 36.8 Å². The molecule has 224 valence electrons. The largest absolute Gasteiger partial charge is 0.457 e. The van der Waals surface area contributed by atoms with Crippen LogP contribution in [0.25, 0.3) is 0 Å². The number of benzene rings is 3. The van der Waals surface area contributed by atoms with E-state index in [1.54, 1.807) is 48.5 Å². The Morgan fingerprint density at radius 2 is 1.67 bits per heavy atom. The molecule has 5 rings (SSSR count). The number of halogens is 4. The molecule has 3 aromatic carbocycles. The molecule has 13 heteroatoms. The van der Waals surface area contributed by atoms with Crippen LogP contribution in [-0.2, 0) is 16.2 Å². The van der Waals surface area contributed by atoms with Crippen LogP contribution < -0.4 is 15.4 Å². The van der Waals surface area contributed by atoms with Crippen LogP contribution in [0.15, 0.2) is 72.8 Å². The normalized spacial score (nSPS) is 21.0. The molecule has 3 atom stereocenters. The van der Waals surface area contributed by atoms with Crippen molar-refractivity contribution < 1.29 is 31.1 Å². The average molecular weight is 623 g/mol. The Balaban J connectivity index is 1.54. The third kappa shape index (κ3) is 6.67. The summed E-state index contributed by atoms with van der Waals surface area (Å²) in [5.74, 6) is 0.746. The number of para-hydroxylation sites is 1. The second-order valence-electron chi connectivity index (χ2n) is 10.4. The van der Waals surface area contributed by atoms with Gasteiger partial charge in [0.25, 0.3) is 0 Å². The fraction of sp³-hybridized carbons (Fsp3) is 0.345. The number of hydrogen-bond donors (Lipinski definition) is 2. The number of hydrogen-bond acceptors (Lipinski definition) is 5. The van der Waals surface area contributed by atoms with Gasteiger partial charge in [-0.15, -0.1) is 0 Å². The number of rotatable bonds is 8. The molecule has 2 amide bonds. The van der Waals surface area contributed by atoms with E-state index in [4.69, 9.17) is 16.3 Å². The second-order valence-corrected chi connectivity index (χ2v) is 12.9. The molecule has 0 spiro atoms. The smallest absolute Gasteiger partial charge is 0.416 e. The first kappa shape index (κ1) is 30.1. The summed E-state index contributed by atoms with van der Waals surface area (Å²) in [7, 11) is -2.10. The summed E-state index contributed by atoms with van der Waals surface area (Å²) in [4.78, 5) is 14.5. The summed E-state index contributed by atoms with van der Waals surface area (Å²) >= 11 is 6.01. The van der Waals surface area contributed by atoms with Crippen LogP contribution in [0, 0.1) is 0 Å². The maximum atomic E-state index is 14.3. The van der Waals surface area contributed by atoms with Gasteiger partial charge in [0.1, 0.15) is 16.7 Å². The zero-order valence-corrected chi connectivity index (χ0v) is 24.2. The quantitative estimate of drug-likeness (QED) is 0.342. The monoisotopic (exact) mass is 622 g/mol. The van der Waals surface area contributed by atoms with Gasteiger partial charge < -0.3 is 20.3 Å². The van der Waals surface area contributed by atoms with Crippen molar-refractivity contribution in [3.63, 3.8) is 0 Å². The van der Waals surface area contributed by atoms with Crippen LogP contribution in [-0.4, -0.2) is 62.9 Å². The lowest BCUT2D eigenvalue weighted by atomic mass is 9.94. The van der Waals surface area contributed by atoms with Crippen LogP contribution in [0.4, 0.5) is 18.0 Å². The molecule has 2 heterocycles. The second kappa shape index (κ2) is 12.1. The molecule has 8 nitrogen and oxygen atoms in total. The molecule has 0 aliphatic carbocycles. The van der Waals surface area contributed by atoms with E-state index in [9.17, 15) is 26.4 Å². The van der Waals surface area contributed by atoms with Gasteiger partial charge in [0.15, 0.2) is 0 Å². The van der Waals surface area contributed by atoms with Gasteiger partial charge in [-0.25, -0.2) is 13.2 Å². The van der Waals surface area contributed by atoms with Gasteiger partial charge >= 0.3 is 12.2 Å². The van der Waals surface area contributed by atoms with Gasteiger partial charge in [-0.1, -0.05) is 41.9 Å². The highest BCUT2D eigenvalue weighted by Crippen LogP contribution is 2.41. The molecular weight excluding hydrogens is 593 g/mol. The Morgan fingerprint density at radius 3 is 2.36 bits per heavy atom. The van der Waals surface area contributed by atoms with Gasteiger partial charge in [-0.2, -0.15) is 17.5 Å². The summed E-state index contributed by atoms with van der Waals surface area (Å²) in [5.41, 5.74) is -0.270. The first-order valence-electron chi connectivity index (χ1n) is 13.4. The van der Waals surface area contributed by atoms with Gasteiger partial charge in [-0.05, 0) is 61.5 Å². The molecule has 2 saturated heterocycles. The minimum atomic E-state index is -4.58. The number of ether oxygens (including phenoxy) is 1. The summed E-state index contributed by atoms with van der Waals surface area (Å²) in [6.45, 7) is 1.65. The van der Waals surface area contributed by atoms with Crippen LogP contribution >= 0.6 is 11.6 Å². The van der Waals surface area contributed by atoms with E-state index in [-0.39, 0.29) is 25.1 Å². The highest BCUT2D eigenvalue weighted by atomic mass is 35.5. The van der Waals surface area contributed by atoms with Crippen LogP contribution in [0.5, 0.6) is 11.5 Å². The van der Waals surface area contributed by atoms with E-state index >= 15 is 0 Å². The molecule has 0 radical (unpaired) electrons. The molecule has 42 heavy (non-hydrogen) atoms. The molecule has 0 aromatic heterocycles. The van der Waals surface area contributed by atoms with E-state index in [0.29, 0.717) is 35.2 Å². The van der Waals surface area contributed by atoms with E-state index in [1.807, 2.05) is 11.9 Å². The summed E-state index contributed by atoms with van der Waals surface area (Å²) in [6.07, 6.45) is -4.69. The minimum absolute atomic E-state index is 0.116. The summed E-state index contributed by atoms with van der Waals surface area (Å²) in [6, 6.07) is 15.7. The van der Waals surface area contributed by atoms with Crippen molar-refractivity contribution in [2.24, 2.45) is 0 Å². The Morgan fingerprint density at radius 1 is 0.976 bits per heavy atom. The number of urea groups is 1. The molecule has 2 aliphatic rings. The zero-order valence-electron chi connectivity index (χ0n) is 22.6. The fourth-order valence-electron chi connectivity index (χ4n) is 5.29. The predicted molar refractivity (Wildman–Crippen MR) is 153 cm³/mol. The number of amides is 2. The number of nitrogens with one attached hydrogen (secondary N) is 2. The Kier molecular flexibility index (Phi) is 8.70. The molecular formula is C29H30ClF3N4O4S. The highest BCUT2D eigenvalue weighted by Gasteiger charge is 2.43. The summed E-state index contributed by atoms with van der Waals surface area (Å²) < 4.78 is 76.6. The van der Waals surface area contributed by atoms with Crippen molar-refractivity contribution >= 4 is 27.7 Å². The van der Waals surface area contributed by atoms with Crippen LogP contribution in [0.1, 0.15) is 34.4 Å². The number of likely N-dealkylation sites (N-methyl/N-ethyl adjacent to an activating group) is 1. The molecule has 2 aliphatic heterocycles. The fourth-order valence-corrected chi connectivity index (χ4v) is 7.41. The maximum Gasteiger partial charge on any atom is 0.416 e. The van der Waals surface area contributed by atoms with Crippen molar-refractivity contribution in [3.8, 4) is 11.5 Å². The van der Waals surface area contributed by atoms with Crippen LogP contribution in [0.3, 0.4) is 0 Å². The summed E-state index contributed by atoms with van der Waals surface area (Å²) in [5, 5.41) is 4.75. The first-order valence-corrected chi connectivity index (χ1v) is 15.2. The predicted octanol–water partition coefficient (Wildman–Crippen LogP) is 5.58. The lowest BCUT2D eigenvalue weighted by Gasteiger charge is -2.35. The topological polar surface area (TPSA) is 91.0 Å². The number of nitrogens with zero attached hydrogens (tertiary/aromatic N) is 2. The zero-order chi connectivity index (χ0) is 30.1. The first-order chi connectivity index (χ1) is 19.9. The lowest BCUT2D eigenvalue weighted by Crippen LogP contribution is -2.49. The van der Waals surface area contributed by atoms with E-state index in [1.165, 1.54) is 16.4 Å². The SMILES string of the molecule is CN1CCN(S(=O)(=O)C(CC2NC(=O)NC2c2cccc(C(F)(F)F)c2)c2ccccc2Oc2ccc(Cl)cc2)CC1. The van der Waals surface area contributed by atoms with Crippen molar-refractivity contribution in [3.05, 3.63) is 94.5 Å². The number of carbonyl (C=O) groups excluding carboxylic acids is 1. The van der Waals surface area contributed by atoms with Crippen molar-refractivity contribution in [1.82, 2.24) is 19.8 Å². The van der Waals surface area contributed by atoms with E-state index in [0.717, 1.165) is 12.1 Å². The third-order valence-electron chi connectivity index (χ3n) is 7.54. The van der Waals surface area contributed by atoms with Crippen LogP contribution in [0.2, 0.25) is 5.02 Å². The standard InChI is InChI=1S/C29H30ClF3N4O4S/c1-36-13-15-37(16-14-36)42(39,40)26(23-7-2-3-8-25(23)41-22-11-9-21(30)10-12-22)18-24-27(35-28(38)34-24)19-5-4-6-20(17-19)29(31,32)33/h2-12,17,24,26-27H,13-16,18H2,1H3,(H2,34,35,38). The van der Waals surface area contributed by atoms with E-state index < -0.39 is 45.1 Å². The van der Waals surface area contributed by atoms with Crippen molar-refractivity contribution in [2.45, 2.75) is 29.9 Å². The van der Waals surface area contributed by atoms with Crippen molar-refractivity contribution in [2.75, 3.05) is 33.2 Å². The molecule has 2 N–H and O–H groups in total. The maximum absolute atomic E-state index is 14.3. The number of alkyl halides is 3. The van der Waals surface area contributed by atoms with E-state index in [2.05, 4.69) is 10.6 Å². The average Bonchev–Trinajstić information content (AvgIpc) is 3.33. The Bertz CT molecular complexity index is 1530. The highest BCUT2D eigenvalue weighted by molar-refractivity contribution is 7.89. The molecule has 0 bridgehead atoms. The van der Waals surface area contributed by atoms with Gasteiger partial charge in [-0.3, -0.25) is 0 Å². The Hall–Kier alpha value is -3.32. The third-order valence-corrected chi connectivity index (χ3v) is 10.0. The molecule has 3 aromatic rings. The number of piperazine rings is 1. The number of carbonyl (C=O) groups is 1.